The van der Waals surface area contributed by atoms with Crippen molar-refractivity contribution < 1.29 is 10.0 Å². The van der Waals surface area contributed by atoms with Crippen LogP contribution in [-0.2, 0) is 0 Å². The molecule has 5 nitrogen and oxygen atoms in total. The number of anilines is 3. The summed E-state index contributed by atoms with van der Waals surface area (Å²) < 4.78 is 0. The fraction of sp³-hybridized carbons (Fsp3) is 0. The van der Waals surface area contributed by atoms with Gasteiger partial charge in [0.25, 0.3) is 5.91 Å². The van der Waals surface area contributed by atoms with E-state index in [1.165, 1.54) is 0 Å². The highest BCUT2D eigenvalue weighted by atomic mass is 16.5. The highest BCUT2D eigenvalue weighted by Gasteiger charge is 2.07. The van der Waals surface area contributed by atoms with Gasteiger partial charge in [0.2, 0.25) is 0 Å². The van der Waals surface area contributed by atoms with Crippen molar-refractivity contribution in [3.05, 3.63) is 54.1 Å². The van der Waals surface area contributed by atoms with Crippen molar-refractivity contribution in [2.24, 2.45) is 0 Å². The molecule has 0 bridgehead atoms. The number of carbonyl (C=O) groups excluding carboxylic acids is 1. The largest absolute Gasteiger partial charge is 0.397 e. The van der Waals surface area contributed by atoms with Gasteiger partial charge in [-0.25, -0.2) is 0 Å². The van der Waals surface area contributed by atoms with Crippen LogP contribution in [0.3, 0.4) is 0 Å². The Hall–Kier alpha value is -2.53. The van der Waals surface area contributed by atoms with E-state index in [2.05, 4.69) is 5.32 Å². The predicted molar refractivity (Wildman–Crippen MR) is 70.7 cm³/mol. The lowest BCUT2D eigenvalue weighted by molar-refractivity contribution is 0.102. The molecule has 0 heterocycles. The molecule has 0 aliphatic carbocycles. The number of amides is 1. The molecule has 0 aliphatic heterocycles. The lowest BCUT2D eigenvalue weighted by atomic mass is 10.2. The summed E-state index contributed by atoms with van der Waals surface area (Å²) in [5, 5.41) is 11.4. The van der Waals surface area contributed by atoms with Crippen molar-refractivity contribution in [2.75, 3.05) is 16.5 Å². The van der Waals surface area contributed by atoms with E-state index in [1.54, 1.807) is 48.5 Å². The van der Waals surface area contributed by atoms with Gasteiger partial charge in [-0.05, 0) is 36.4 Å². The Balaban J connectivity index is 2.14. The van der Waals surface area contributed by atoms with E-state index < -0.39 is 0 Å². The van der Waals surface area contributed by atoms with Crippen LogP contribution in [0.1, 0.15) is 10.4 Å². The van der Waals surface area contributed by atoms with Gasteiger partial charge in [-0.15, -0.1) is 0 Å². The van der Waals surface area contributed by atoms with E-state index in [9.17, 15) is 4.79 Å². The van der Waals surface area contributed by atoms with Crippen LogP contribution >= 0.6 is 0 Å². The molecule has 0 aromatic heterocycles. The van der Waals surface area contributed by atoms with Gasteiger partial charge >= 0.3 is 0 Å². The molecule has 2 rings (SSSR count). The number of para-hydroxylation sites is 2. The first-order valence-electron chi connectivity index (χ1n) is 5.37. The van der Waals surface area contributed by atoms with E-state index in [1.807, 2.05) is 5.48 Å². The molecule has 18 heavy (non-hydrogen) atoms. The van der Waals surface area contributed by atoms with Crippen LogP contribution in [0.25, 0.3) is 0 Å². The smallest absolute Gasteiger partial charge is 0.255 e. The minimum Gasteiger partial charge on any atom is -0.397 e. The monoisotopic (exact) mass is 243 g/mol. The number of nitrogens with one attached hydrogen (secondary N) is 2. The molecule has 2 aromatic rings. The molecular formula is C13H13N3O2. The summed E-state index contributed by atoms with van der Waals surface area (Å²) in [4.78, 5) is 11.9. The van der Waals surface area contributed by atoms with Crippen LogP contribution in [0.5, 0.6) is 0 Å². The summed E-state index contributed by atoms with van der Waals surface area (Å²) in [6.07, 6.45) is 0. The Labute approximate surface area is 104 Å². The summed E-state index contributed by atoms with van der Waals surface area (Å²) in [7, 11) is 0. The second-order valence-electron chi connectivity index (χ2n) is 3.73. The molecule has 1 amide bonds. The van der Waals surface area contributed by atoms with Crippen molar-refractivity contribution in [1.82, 2.24) is 0 Å². The molecule has 2 aromatic carbocycles. The number of hydrogen-bond donors (Lipinski definition) is 4. The van der Waals surface area contributed by atoms with Gasteiger partial charge in [-0.2, -0.15) is 0 Å². The van der Waals surface area contributed by atoms with E-state index in [-0.39, 0.29) is 5.91 Å². The Morgan fingerprint density at radius 3 is 2.33 bits per heavy atom. The third-order valence-electron chi connectivity index (χ3n) is 2.49. The molecule has 0 spiro atoms. The zero-order chi connectivity index (χ0) is 13.0. The minimum atomic E-state index is -0.252. The van der Waals surface area contributed by atoms with Crippen molar-refractivity contribution in [1.29, 1.82) is 0 Å². The zero-order valence-corrected chi connectivity index (χ0v) is 9.55. The van der Waals surface area contributed by atoms with E-state index in [4.69, 9.17) is 10.9 Å². The predicted octanol–water partition coefficient (Wildman–Crippen LogP) is 2.32. The number of hydrogen-bond acceptors (Lipinski definition) is 4. The maximum Gasteiger partial charge on any atom is 0.255 e. The van der Waals surface area contributed by atoms with Crippen molar-refractivity contribution >= 4 is 23.0 Å². The first-order chi connectivity index (χ1) is 8.70. The third kappa shape index (κ3) is 2.58. The van der Waals surface area contributed by atoms with Crippen LogP contribution in [0.15, 0.2) is 48.5 Å². The van der Waals surface area contributed by atoms with Crippen LogP contribution < -0.4 is 16.5 Å². The zero-order valence-electron chi connectivity index (χ0n) is 9.55. The van der Waals surface area contributed by atoms with Crippen LogP contribution in [0.2, 0.25) is 0 Å². The summed E-state index contributed by atoms with van der Waals surface area (Å²) in [5.41, 5.74) is 9.83. The first kappa shape index (κ1) is 11.9. The van der Waals surface area contributed by atoms with Crippen LogP contribution in [-0.4, -0.2) is 11.1 Å². The molecule has 0 radical (unpaired) electrons. The van der Waals surface area contributed by atoms with Gasteiger partial charge in [-0.1, -0.05) is 12.1 Å². The molecule has 5 N–H and O–H groups in total. The SMILES string of the molecule is Nc1ccccc1NC(=O)c1ccc(NO)cc1. The Morgan fingerprint density at radius 2 is 1.72 bits per heavy atom. The number of rotatable bonds is 3. The van der Waals surface area contributed by atoms with Gasteiger partial charge in [0.1, 0.15) is 0 Å². The quantitative estimate of drug-likeness (QED) is 0.492. The number of nitrogen functional groups attached to an aromatic ring is 1. The summed E-state index contributed by atoms with van der Waals surface area (Å²) in [6, 6.07) is 13.5. The highest BCUT2D eigenvalue weighted by Crippen LogP contribution is 2.18. The second kappa shape index (κ2) is 5.20. The molecule has 0 unspecified atom stereocenters. The maximum absolute atomic E-state index is 11.9. The number of carbonyl (C=O) groups is 1. The van der Waals surface area contributed by atoms with Gasteiger partial charge < -0.3 is 11.1 Å². The maximum atomic E-state index is 11.9. The van der Waals surface area contributed by atoms with Crippen molar-refractivity contribution in [3.63, 3.8) is 0 Å². The molecule has 92 valence electrons. The average molecular weight is 243 g/mol. The van der Waals surface area contributed by atoms with Gasteiger partial charge in [0.05, 0.1) is 17.1 Å². The lowest BCUT2D eigenvalue weighted by Crippen LogP contribution is -2.13. The normalized spacial score (nSPS) is 9.83. The fourth-order valence-corrected chi connectivity index (χ4v) is 1.50. The third-order valence-corrected chi connectivity index (χ3v) is 2.49. The molecular weight excluding hydrogens is 230 g/mol. The van der Waals surface area contributed by atoms with Gasteiger partial charge in [0.15, 0.2) is 0 Å². The topological polar surface area (TPSA) is 87.4 Å². The molecule has 0 atom stereocenters. The van der Waals surface area contributed by atoms with Crippen molar-refractivity contribution in [3.8, 4) is 0 Å². The molecule has 0 aliphatic rings. The van der Waals surface area contributed by atoms with Gasteiger partial charge in [-0.3, -0.25) is 15.5 Å². The van der Waals surface area contributed by atoms with Crippen molar-refractivity contribution in [2.45, 2.75) is 0 Å². The molecule has 0 fully saturated rings. The van der Waals surface area contributed by atoms with Gasteiger partial charge in [0, 0.05) is 5.56 Å². The number of benzene rings is 2. The molecule has 5 heteroatoms. The summed E-state index contributed by atoms with van der Waals surface area (Å²) in [5.74, 6) is -0.252. The lowest BCUT2D eigenvalue weighted by Gasteiger charge is -2.08. The van der Waals surface area contributed by atoms with Crippen LogP contribution in [0.4, 0.5) is 17.1 Å². The standard InChI is InChI=1S/C13H13N3O2/c14-11-3-1-2-4-12(11)15-13(17)9-5-7-10(16-18)8-6-9/h1-8,16,18H,14H2,(H,15,17). The summed E-state index contributed by atoms with van der Waals surface area (Å²) >= 11 is 0. The Morgan fingerprint density at radius 1 is 1.06 bits per heavy atom. The highest BCUT2D eigenvalue weighted by molar-refractivity contribution is 6.05. The number of nitrogens with two attached hydrogens (primary N) is 1. The minimum absolute atomic E-state index is 0.252. The molecule has 0 saturated heterocycles. The van der Waals surface area contributed by atoms with E-state index >= 15 is 0 Å². The Bertz CT molecular complexity index is 552. The van der Waals surface area contributed by atoms with Crippen LogP contribution in [0, 0.1) is 0 Å². The summed E-state index contributed by atoms with van der Waals surface area (Å²) in [6.45, 7) is 0. The molecule has 0 saturated carbocycles. The second-order valence-corrected chi connectivity index (χ2v) is 3.73. The fourth-order valence-electron chi connectivity index (χ4n) is 1.50. The first-order valence-corrected chi connectivity index (χ1v) is 5.37. The average Bonchev–Trinajstić information content (AvgIpc) is 2.41. The Kier molecular flexibility index (Phi) is 3.45. The van der Waals surface area contributed by atoms with E-state index in [0.29, 0.717) is 22.6 Å². The van der Waals surface area contributed by atoms with E-state index in [0.717, 1.165) is 0 Å².